The van der Waals surface area contributed by atoms with Crippen molar-refractivity contribution < 1.29 is 26.1 Å². The topological polar surface area (TPSA) is 60.9 Å². The monoisotopic (exact) mass is 422 g/mol. The normalized spacial score (nSPS) is 11.4. The predicted molar refractivity (Wildman–Crippen MR) is 103 cm³/mol. The Labute approximate surface area is 161 Å². The third kappa shape index (κ3) is 7.69. The van der Waals surface area contributed by atoms with Gasteiger partial charge in [-0.05, 0) is 48.5 Å². The van der Waals surface area contributed by atoms with Gasteiger partial charge in [-0.3, -0.25) is 4.55 Å². The fourth-order valence-electron chi connectivity index (χ4n) is 1.76. The zero-order valence-corrected chi connectivity index (χ0v) is 16.9. The Bertz CT molecular complexity index is 770. The zero-order valence-electron chi connectivity index (χ0n) is 15.2. The summed E-state index contributed by atoms with van der Waals surface area (Å²) in [6.07, 6.45) is 0. The summed E-state index contributed by atoms with van der Waals surface area (Å²) in [6, 6.07) is 17.3. The van der Waals surface area contributed by atoms with Crippen molar-refractivity contribution in [1.29, 1.82) is 0 Å². The number of hydrogen-bond donors (Lipinski definition) is 1. The second kappa shape index (κ2) is 9.34. The summed E-state index contributed by atoms with van der Waals surface area (Å²) < 4.78 is 57.5. The molecule has 0 atom stereocenters. The van der Waals surface area contributed by atoms with E-state index >= 15 is 0 Å². The van der Waals surface area contributed by atoms with Crippen LogP contribution in [-0.4, -0.2) is 46.7 Å². The molecule has 0 fully saturated rings. The average Bonchev–Trinajstić information content (AvgIpc) is 2.54. The van der Waals surface area contributed by atoms with E-state index in [0.29, 0.717) is 0 Å². The fraction of sp³-hybridized carbons (Fsp3) is 0.294. The van der Waals surface area contributed by atoms with Crippen LogP contribution in [0, 0.1) is 0 Å². The van der Waals surface area contributed by atoms with E-state index in [-0.39, 0.29) is 0 Å². The first kappa shape index (κ1) is 23.1. The van der Waals surface area contributed by atoms with E-state index < -0.39 is 15.6 Å². The van der Waals surface area contributed by atoms with Gasteiger partial charge < -0.3 is 9.80 Å². The number of alkyl halides is 3. The van der Waals surface area contributed by atoms with Gasteiger partial charge in [0.1, 0.15) is 0 Å². The van der Waals surface area contributed by atoms with Crippen LogP contribution in [0.1, 0.15) is 0 Å². The minimum atomic E-state index is -5.84. The lowest BCUT2D eigenvalue weighted by molar-refractivity contribution is -0.0510. The minimum absolute atomic E-state index is 1.23. The minimum Gasteiger partial charge on any atom is -0.378 e. The molecule has 150 valence electrons. The van der Waals surface area contributed by atoms with Gasteiger partial charge in [0.25, 0.3) is 0 Å². The lowest BCUT2D eigenvalue weighted by atomic mass is 10.3. The van der Waals surface area contributed by atoms with Crippen molar-refractivity contribution in [3.05, 3.63) is 48.5 Å². The van der Waals surface area contributed by atoms with Gasteiger partial charge in [0.2, 0.25) is 0 Å². The van der Waals surface area contributed by atoms with Gasteiger partial charge in [0.05, 0.1) is 0 Å². The van der Waals surface area contributed by atoms with Crippen molar-refractivity contribution >= 4 is 33.3 Å². The molecule has 2 rings (SSSR count). The summed E-state index contributed by atoms with van der Waals surface area (Å²) in [4.78, 5) is 6.76. The Morgan fingerprint density at radius 1 is 0.778 bits per heavy atom. The van der Waals surface area contributed by atoms with Gasteiger partial charge in [-0.2, -0.15) is 21.6 Å². The maximum absolute atomic E-state index is 10.7. The van der Waals surface area contributed by atoms with Gasteiger partial charge in [0, 0.05) is 49.4 Å². The van der Waals surface area contributed by atoms with Crippen molar-refractivity contribution in [3.63, 3.8) is 0 Å². The third-order valence-electron chi connectivity index (χ3n) is 3.23. The molecular formula is C17H21F3N2O3S2. The number of benzene rings is 2. The molecule has 0 aromatic heterocycles. The Morgan fingerprint density at radius 3 is 1.22 bits per heavy atom. The molecule has 1 N–H and O–H groups in total. The Kier molecular flexibility index (Phi) is 8.00. The van der Waals surface area contributed by atoms with Crippen LogP contribution < -0.4 is 9.80 Å². The molecule has 27 heavy (non-hydrogen) atoms. The summed E-state index contributed by atoms with van der Waals surface area (Å²) in [7, 11) is 2.39. The maximum Gasteiger partial charge on any atom is 0.522 e. The van der Waals surface area contributed by atoms with E-state index in [1.807, 2.05) is 0 Å². The number of hydrogen-bond acceptors (Lipinski definition) is 5. The second-order valence-corrected chi connectivity index (χ2v) is 8.36. The van der Waals surface area contributed by atoms with Crippen LogP contribution in [0.15, 0.2) is 58.3 Å². The van der Waals surface area contributed by atoms with E-state index in [1.54, 1.807) is 11.8 Å². The van der Waals surface area contributed by atoms with Gasteiger partial charge in [-0.25, -0.2) is 0 Å². The predicted octanol–water partition coefficient (Wildman–Crippen LogP) is 4.36. The standard InChI is InChI=1S/C16H20N2S.CHF3O3S/c1-17(2)13-5-9-15(10-6-13)19-16-11-7-14(8-12-16)18(3)4;2-1(3,4)8(5,6)7/h5-12H,1-4H3;(H,5,6,7). The van der Waals surface area contributed by atoms with Crippen molar-refractivity contribution in [2.75, 3.05) is 38.0 Å². The van der Waals surface area contributed by atoms with Gasteiger partial charge in [-0.15, -0.1) is 0 Å². The highest BCUT2D eigenvalue weighted by Crippen LogP contribution is 2.30. The Balaban J connectivity index is 0.000000387. The van der Waals surface area contributed by atoms with Crippen molar-refractivity contribution in [2.24, 2.45) is 0 Å². The molecule has 0 amide bonds. The molecule has 0 saturated heterocycles. The number of halogens is 3. The van der Waals surface area contributed by atoms with E-state index in [2.05, 4.69) is 86.5 Å². The summed E-state index contributed by atoms with van der Waals surface area (Å²) in [5, 5.41) is 0. The molecule has 5 nitrogen and oxygen atoms in total. The Hall–Kier alpha value is -1.91. The molecule has 0 aliphatic heterocycles. The van der Waals surface area contributed by atoms with E-state index in [4.69, 9.17) is 13.0 Å². The highest BCUT2D eigenvalue weighted by molar-refractivity contribution is 7.99. The van der Waals surface area contributed by atoms with E-state index in [9.17, 15) is 13.2 Å². The molecule has 0 heterocycles. The summed E-state index contributed by atoms with van der Waals surface area (Å²) in [6.45, 7) is 0. The first-order valence-corrected chi connectivity index (χ1v) is 9.83. The molecule has 10 heteroatoms. The summed E-state index contributed by atoms with van der Waals surface area (Å²) in [5.41, 5.74) is -3.08. The SMILES string of the molecule is CN(C)c1ccc(Sc2ccc(N(C)C)cc2)cc1.O=S(=O)(O)C(F)(F)F. The van der Waals surface area contributed by atoms with Crippen LogP contribution in [0.4, 0.5) is 24.5 Å². The Morgan fingerprint density at radius 2 is 1.04 bits per heavy atom. The molecule has 0 bridgehead atoms. The molecule has 0 saturated carbocycles. The highest BCUT2D eigenvalue weighted by atomic mass is 32.2. The average molecular weight is 422 g/mol. The van der Waals surface area contributed by atoms with Crippen LogP contribution in [0.25, 0.3) is 0 Å². The zero-order chi connectivity index (χ0) is 20.8. The largest absolute Gasteiger partial charge is 0.522 e. The molecule has 2 aromatic rings. The van der Waals surface area contributed by atoms with Crippen LogP contribution in [0.2, 0.25) is 0 Å². The molecule has 0 radical (unpaired) electrons. The fourth-order valence-corrected chi connectivity index (χ4v) is 2.58. The molecule has 0 unspecified atom stereocenters. The molecule has 2 aromatic carbocycles. The number of rotatable bonds is 4. The number of nitrogens with zero attached hydrogens (tertiary/aromatic N) is 2. The first-order chi connectivity index (χ1) is 12.3. The van der Waals surface area contributed by atoms with Crippen LogP contribution in [0.3, 0.4) is 0 Å². The van der Waals surface area contributed by atoms with Crippen LogP contribution in [0.5, 0.6) is 0 Å². The van der Waals surface area contributed by atoms with Gasteiger partial charge in [0.15, 0.2) is 0 Å². The molecule has 0 aliphatic carbocycles. The third-order valence-corrected chi connectivity index (χ3v) is 4.84. The van der Waals surface area contributed by atoms with E-state index in [0.717, 1.165) is 0 Å². The van der Waals surface area contributed by atoms with Crippen LogP contribution >= 0.6 is 11.8 Å². The maximum atomic E-state index is 10.7. The molecular weight excluding hydrogens is 401 g/mol. The van der Waals surface area contributed by atoms with Crippen molar-refractivity contribution in [2.45, 2.75) is 15.3 Å². The second-order valence-electron chi connectivity index (χ2n) is 5.80. The first-order valence-electron chi connectivity index (χ1n) is 7.57. The van der Waals surface area contributed by atoms with Crippen LogP contribution in [-0.2, 0) is 10.1 Å². The lowest BCUT2D eigenvalue weighted by Crippen LogP contribution is -2.21. The highest BCUT2D eigenvalue weighted by Gasteiger charge is 2.44. The number of anilines is 2. The van der Waals surface area contributed by atoms with Gasteiger partial charge >= 0.3 is 15.6 Å². The van der Waals surface area contributed by atoms with Crippen molar-refractivity contribution in [3.8, 4) is 0 Å². The quantitative estimate of drug-likeness (QED) is 0.583. The smallest absolute Gasteiger partial charge is 0.378 e. The summed E-state index contributed by atoms with van der Waals surface area (Å²) >= 11 is 1.79. The van der Waals surface area contributed by atoms with Crippen molar-refractivity contribution in [1.82, 2.24) is 0 Å². The van der Waals surface area contributed by atoms with E-state index in [1.165, 1.54) is 21.2 Å². The van der Waals surface area contributed by atoms with Gasteiger partial charge in [-0.1, -0.05) is 11.8 Å². The molecule has 0 aliphatic rings. The molecule has 0 spiro atoms. The lowest BCUT2D eigenvalue weighted by Gasteiger charge is -2.13. The summed E-state index contributed by atoms with van der Waals surface area (Å²) in [5.74, 6) is 0.